The van der Waals surface area contributed by atoms with Crippen molar-refractivity contribution in [1.29, 1.82) is 0 Å². The molecule has 1 aromatic carbocycles. The molecule has 1 unspecified atom stereocenters. The van der Waals surface area contributed by atoms with Gasteiger partial charge in [-0.2, -0.15) is 0 Å². The summed E-state index contributed by atoms with van der Waals surface area (Å²) in [6.07, 6.45) is 5.56. The molecule has 0 amide bonds. The van der Waals surface area contributed by atoms with Crippen LogP contribution in [0, 0.1) is 25.7 Å². The van der Waals surface area contributed by atoms with Gasteiger partial charge in [0.15, 0.2) is 0 Å². The van der Waals surface area contributed by atoms with Crippen LogP contribution in [0.3, 0.4) is 0 Å². The molecule has 17 heavy (non-hydrogen) atoms. The number of halogens is 1. The van der Waals surface area contributed by atoms with Crippen molar-refractivity contribution in [2.24, 2.45) is 11.8 Å². The molecule has 0 radical (unpaired) electrons. The Morgan fingerprint density at radius 1 is 1.12 bits per heavy atom. The quantitative estimate of drug-likeness (QED) is 0.626. The number of rotatable bonds is 2. The van der Waals surface area contributed by atoms with Gasteiger partial charge in [-0.25, -0.2) is 0 Å². The lowest BCUT2D eigenvalue weighted by atomic mass is 9.79. The van der Waals surface area contributed by atoms with E-state index in [1.54, 1.807) is 0 Å². The first-order valence-corrected chi connectivity index (χ1v) is 7.70. The van der Waals surface area contributed by atoms with Crippen molar-refractivity contribution in [1.82, 2.24) is 0 Å². The average molecular weight is 295 g/mol. The summed E-state index contributed by atoms with van der Waals surface area (Å²) >= 11 is 3.94. The molecule has 1 aliphatic rings. The Labute approximate surface area is 114 Å². The number of alkyl halides is 1. The van der Waals surface area contributed by atoms with E-state index in [1.807, 2.05) is 0 Å². The predicted molar refractivity (Wildman–Crippen MR) is 78.7 cm³/mol. The lowest BCUT2D eigenvalue weighted by Crippen LogP contribution is -2.16. The van der Waals surface area contributed by atoms with E-state index in [2.05, 4.69) is 54.9 Å². The van der Waals surface area contributed by atoms with E-state index in [1.165, 1.54) is 42.4 Å². The van der Waals surface area contributed by atoms with Crippen LogP contribution in [0.2, 0.25) is 0 Å². The second-order valence-corrected chi connectivity index (χ2v) is 6.77. The molecule has 0 saturated heterocycles. The molecule has 1 saturated carbocycles. The molecule has 2 rings (SSSR count). The molecular weight excluding hydrogens is 272 g/mol. The second kappa shape index (κ2) is 5.56. The molecule has 1 fully saturated rings. The molecule has 0 bridgehead atoms. The molecule has 0 N–H and O–H groups in total. The standard InChI is InChI=1S/C16H23Br/c1-11-4-7-14(8-5-11)16(17)15-9-6-12(2)10-13(15)3/h6,9-11,14,16H,4-5,7-8H2,1-3H3. The second-order valence-electron chi connectivity index (χ2n) is 5.78. The van der Waals surface area contributed by atoms with Crippen LogP contribution in [-0.2, 0) is 0 Å². The number of aryl methyl sites for hydroxylation is 2. The van der Waals surface area contributed by atoms with Crippen LogP contribution in [0.5, 0.6) is 0 Å². The fraction of sp³-hybridized carbons (Fsp3) is 0.625. The van der Waals surface area contributed by atoms with E-state index in [-0.39, 0.29) is 0 Å². The molecule has 1 aromatic rings. The lowest BCUT2D eigenvalue weighted by molar-refractivity contribution is 0.287. The Morgan fingerprint density at radius 2 is 1.76 bits per heavy atom. The summed E-state index contributed by atoms with van der Waals surface area (Å²) in [7, 11) is 0. The predicted octanol–water partition coefficient (Wildman–Crippen LogP) is 5.57. The molecule has 0 aliphatic heterocycles. The third-order valence-corrected chi connectivity index (χ3v) is 5.44. The van der Waals surface area contributed by atoms with Crippen LogP contribution in [0.25, 0.3) is 0 Å². The maximum absolute atomic E-state index is 3.94. The Hall–Kier alpha value is -0.300. The highest BCUT2D eigenvalue weighted by Crippen LogP contribution is 2.42. The summed E-state index contributed by atoms with van der Waals surface area (Å²) in [6, 6.07) is 6.85. The van der Waals surface area contributed by atoms with E-state index < -0.39 is 0 Å². The van der Waals surface area contributed by atoms with Crippen molar-refractivity contribution >= 4 is 15.9 Å². The van der Waals surface area contributed by atoms with Crippen molar-refractivity contribution < 1.29 is 0 Å². The molecular formula is C16H23Br. The van der Waals surface area contributed by atoms with E-state index >= 15 is 0 Å². The Morgan fingerprint density at radius 3 is 2.35 bits per heavy atom. The van der Waals surface area contributed by atoms with Gasteiger partial charge in [-0.05, 0) is 49.7 Å². The van der Waals surface area contributed by atoms with Crippen LogP contribution in [0.1, 0.15) is 54.1 Å². The highest BCUT2D eigenvalue weighted by molar-refractivity contribution is 9.09. The van der Waals surface area contributed by atoms with Gasteiger partial charge in [0.05, 0.1) is 0 Å². The maximum Gasteiger partial charge on any atom is 0.0426 e. The third-order valence-electron chi connectivity index (χ3n) is 4.20. The van der Waals surface area contributed by atoms with Gasteiger partial charge >= 0.3 is 0 Å². The molecule has 1 atom stereocenters. The van der Waals surface area contributed by atoms with E-state index in [4.69, 9.17) is 0 Å². The SMILES string of the molecule is Cc1ccc(C(Br)C2CCC(C)CC2)c(C)c1. The van der Waals surface area contributed by atoms with E-state index in [0.717, 1.165) is 11.8 Å². The first-order chi connectivity index (χ1) is 8.08. The van der Waals surface area contributed by atoms with Crippen molar-refractivity contribution in [2.75, 3.05) is 0 Å². The highest BCUT2D eigenvalue weighted by Gasteiger charge is 2.26. The van der Waals surface area contributed by atoms with Crippen molar-refractivity contribution in [3.05, 3.63) is 34.9 Å². The van der Waals surface area contributed by atoms with Gasteiger partial charge < -0.3 is 0 Å². The molecule has 94 valence electrons. The normalized spacial score (nSPS) is 26.8. The zero-order chi connectivity index (χ0) is 12.4. The topological polar surface area (TPSA) is 0 Å². The average Bonchev–Trinajstić information content (AvgIpc) is 2.29. The molecule has 0 nitrogen and oxygen atoms in total. The van der Waals surface area contributed by atoms with Gasteiger partial charge in [0.2, 0.25) is 0 Å². The van der Waals surface area contributed by atoms with Crippen molar-refractivity contribution in [2.45, 2.75) is 51.3 Å². The minimum atomic E-state index is 0.551. The smallest absolute Gasteiger partial charge is 0.0426 e. The van der Waals surface area contributed by atoms with Crippen molar-refractivity contribution in [3.63, 3.8) is 0 Å². The van der Waals surface area contributed by atoms with Gasteiger partial charge in [0.25, 0.3) is 0 Å². The molecule has 0 aromatic heterocycles. The summed E-state index contributed by atoms with van der Waals surface area (Å²) < 4.78 is 0. The lowest BCUT2D eigenvalue weighted by Gasteiger charge is -2.30. The molecule has 0 spiro atoms. The summed E-state index contributed by atoms with van der Waals surface area (Å²) in [5.74, 6) is 1.76. The van der Waals surface area contributed by atoms with E-state index in [9.17, 15) is 0 Å². The fourth-order valence-electron chi connectivity index (χ4n) is 2.97. The van der Waals surface area contributed by atoms with Crippen LogP contribution in [0.15, 0.2) is 18.2 Å². The largest absolute Gasteiger partial charge is 0.0836 e. The number of benzene rings is 1. The van der Waals surface area contributed by atoms with Gasteiger partial charge in [-0.15, -0.1) is 0 Å². The zero-order valence-electron chi connectivity index (χ0n) is 11.2. The highest BCUT2D eigenvalue weighted by atomic mass is 79.9. The van der Waals surface area contributed by atoms with Crippen LogP contribution in [-0.4, -0.2) is 0 Å². The summed E-state index contributed by atoms with van der Waals surface area (Å²) in [6.45, 7) is 6.79. The van der Waals surface area contributed by atoms with Crippen LogP contribution < -0.4 is 0 Å². The number of hydrogen-bond donors (Lipinski definition) is 0. The molecule has 0 heterocycles. The van der Waals surface area contributed by atoms with E-state index in [0.29, 0.717) is 4.83 Å². The monoisotopic (exact) mass is 294 g/mol. The molecule has 1 heteroatoms. The minimum Gasteiger partial charge on any atom is -0.0836 e. The Bertz CT molecular complexity index is 375. The van der Waals surface area contributed by atoms with Crippen LogP contribution >= 0.6 is 15.9 Å². The first-order valence-electron chi connectivity index (χ1n) is 6.79. The van der Waals surface area contributed by atoms with Crippen molar-refractivity contribution in [3.8, 4) is 0 Å². The fourth-order valence-corrected chi connectivity index (χ4v) is 4.01. The van der Waals surface area contributed by atoms with Gasteiger partial charge in [0, 0.05) is 4.83 Å². The van der Waals surface area contributed by atoms with Gasteiger partial charge in [-0.3, -0.25) is 0 Å². The maximum atomic E-state index is 3.94. The zero-order valence-corrected chi connectivity index (χ0v) is 12.8. The Kier molecular flexibility index (Phi) is 4.30. The summed E-state index contributed by atoms with van der Waals surface area (Å²) in [5.41, 5.74) is 4.30. The molecule has 1 aliphatic carbocycles. The van der Waals surface area contributed by atoms with Gasteiger partial charge in [-0.1, -0.05) is 59.5 Å². The van der Waals surface area contributed by atoms with Crippen LogP contribution in [0.4, 0.5) is 0 Å². The summed E-state index contributed by atoms with van der Waals surface area (Å²) in [5, 5.41) is 0. The third kappa shape index (κ3) is 3.13. The first kappa shape index (κ1) is 13.1. The summed E-state index contributed by atoms with van der Waals surface area (Å²) in [4.78, 5) is 0.551. The number of hydrogen-bond acceptors (Lipinski definition) is 0. The minimum absolute atomic E-state index is 0.551. The Balaban J connectivity index is 2.11. The van der Waals surface area contributed by atoms with Gasteiger partial charge in [0.1, 0.15) is 0 Å².